The summed E-state index contributed by atoms with van der Waals surface area (Å²) in [7, 11) is 1.85. The summed E-state index contributed by atoms with van der Waals surface area (Å²) in [4.78, 5) is 14.2. The molecule has 16 heavy (non-hydrogen) atoms. The van der Waals surface area contributed by atoms with Crippen molar-refractivity contribution in [2.24, 2.45) is 13.0 Å². The molecule has 1 amide bonds. The first kappa shape index (κ1) is 11.2. The summed E-state index contributed by atoms with van der Waals surface area (Å²) in [5.41, 5.74) is 1.57. The molecule has 2 heterocycles. The van der Waals surface area contributed by atoms with Crippen LogP contribution in [0.2, 0.25) is 0 Å². The smallest absolute Gasteiger partial charge is 0.257 e. The Balaban J connectivity index is 2.10. The molecule has 0 bridgehead atoms. The van der Waals surface area contributed by atoms with Crippen LogP contribution in [-0.2, 0) is 7.05 Å². The van der Waals surface area contributed by atoms with Crippen molar-refractivity contribution < 1.29 is 4.79 Å². The number of carbonyl (C=O) groups excluding carboxylic acids is 1. The average Bonchev–Trinajstić information content (AvgIpc) is 2.58. The summed E-state index contributed by atoms with van der Waals surface area (Å²) in [6.07, 6.45) is 4.05. The first-order valence-corrected chi connectivity index (χ1v) is 5.87. The van der Waals surface area contributed by atoms with Gasteiger partial charge in [-0.3, -0.25) is 9.48 Å². The normalized spacial score (nSPS) is 17.8. The van der Waals surface area contributed by atoms with Gasteiger partial charge in [0.2, 0.25) is 0 Å². The fraction of sp³-hybridized carbons (Fsp3) is 0.667. The number of piperidine rings is 1. The van der Waals surface area contributed by atoms with Gasteiger partial charge in [-0.2, -0.15) is 5.10 Å². The van der Waals surface area contributed by atoms with Crippen molar-refractivity contribution >= 4 is 5.91 Å². The van der Waals surface area contributed by atoms with Gasteiger partial charge < -0.3 is 4.90 Å². The van der Waals surface area contributed by atoms with Gasteiger partial charge in [-0.15, -0.1) is 0 Å². The third-order valence-electron chi connectivity index (χ3n) is 3.31. The Labute approximate surface area is 96.2 Å². The Morgan fingerprint density at radius 1 is 1.44 bits per heavy atom. The molecule has 1 fully saturated rings. The molecule has 0 aromatic carbocycles. The molecule has 2 rings (SSSR count). The minimum atomic E-state index is 0.137. The van der Waals surface area contributed by atoms with Gasteiger partial charge in [0, 0.05) is 26.3 Å². The average molecular weight is 221 g/mol. The van der Waals surface area contributed by atoms with Crippen molar-refractivity contribution in [2.45, 2.75) is 26.7 Å². The van der Waals surface area contributed by atoms with E-state index < -0.39 is 0 Å². The second-order valence-electron chi connectivity index (χ2n) is 4.78. The highest BCUT2D eigenvalue weighted by molar-refractivity contribution is 5.95. The second kappa shape index (κ2) is 4.28. The molecule has 1 aromatic heterocycles. The minimum absolute atomic E-state index is 0.137. The minimum Gasteiger partial charge on any atom is -0.339 e. The standard InChI is InChI=1S/C12H19N3O/c1-9-4-6-15(7-5-9)12(16)11-8-14(3)13-10(11)2/h8-9H,4-7H2,1-3H3. The number of hydrogen-bond donors (Lipinski definition) is 0. The van der Waals surface area contributed by atoms with Crippen molar-refractivity contribution in [2.75, 3.05) is 13.1 Å². The SMILES string of the molecule is Cc1nn(C)cc1C(=O)N1CCC(C)CC1. The van der Waals surface area contributed by atoms with E-state index in [4.69, 9.17) is 0 Å². The van der Waals surface area contributed by atoms with E-state index in [1.807, 2.05) is 25.1 Å². The fourth-order valence-corrected chi connectivity index (χ4v) is 2.19. The van der Waals surface area contributed by atoms with Crippen molar-refractivity contribution in [3.63, 3.8) is 0 Å². The van der Waals surface area contributed by atoms with Gasteiger partial charge in [0.25, 0.3) is 5.91 Å². The van der Waals surface area contributed by atoms with Gasteiger partial charge in [0.05, 0.1) is 11.3 Å². The molecule has 4 nitrogen and oxygen atoms in total. The van der Waals surface area contributed by atoms with E-state index in [9.17, 15) is 4.79 Å². The number of rotatable bonds is 1. The third-order valence-corrected chi connectivity index (χ3v) is 3.31. The van der Waals surface area contributed by atoms with Crippen LogP contribution in [0, 0.1) is 12.8 Å². The highest BCUT2D eigenvalue weighted by Crippen LogP contribution is 2.18. The lowest BCUT2D eigenvalue weighted by Gasteiger charge is -2.30. The fourth-order valence-electron chi connectivity index (χ4n) is 2.19. The largest absolute Gasteiger partial charge is 0.339 e. The summed E-state index contributed by atoms with van der Waals surface area (Å²) in [5, 5.41) is 4.21. The number of likely N-dealkylation sites (tertiary alicyclic amines) is 1. The molecular weight excluding hydrogens is 202 g/mol. The highest BCUT2D eigenvalue weighted by Gasteiger charge is 2.23. The molecule has 0 spiro atoms. The zero-order valence-electron chi connectivity index (χ0n) is 10.2. The number of carbonyl (C=O) groups is 1. The van der Waals surface area contributed by atoms with Crippen LogP contribution >= 0.6 is 0 Å². The van der Waals surface area contributed by atoms with Gasteiger partial charge in [-0.25, -0.2) is 0 Å². The predicted octanol–water partition coefficient (Wildman–Crippen LogP) is 1.60. The van der Waals surface area contributed by atoms with E-state index in [1.54, 1.807) is 4.68 Å². The van der Waals surface area contributed by atoms with E-state index in [2.05, 4.69) is 12.0 Å². The van der Waals surface area contributed by atoms with E-state index in [-0.39, 0.29) is 5.91 Å². The van der Waals surface area contributed by atoms with E-state index in [0.717, 1.165) is 43.1 Å². The maximum Gasteiger partial charge on any atom is 0.257 e. The summed E-state index contributed by atoms with van der Waals surface area (Å²) >= 11 is 0. The Bertz CT molecular complexity index is 389. The van der Waals surface area contributed by atoms with E-state index in [1.165, 1.54) is 0 Å². The number of aromatic nitrogens is 2. The molecule has 88 valence electrons. The number of hydrogen-bond acceptors (Lipinski definition) is 2. The second-order valence-corrected chi connectivity index (χ2v) is 4.78. The van der Waals surface area contributed by atoms with Crippen LogP contribution in [-0.4, -0.2) is 33.7 Å². The topological polar surface area (TPSA) is 38.1 Å². The number of aryl methyl sites for hydroxylation is 2. The maximum atomic E-state index is 12.2. The molecule has 0 aliphatic carbocycles. The molecule has 1 saturated heterocycles. The molecule has 0 N–H and O–H groups in total. The van der Waals surface area contributed by atoms with Crippen molar-refractivity contribution in [1.82, 2.24) is 14.7 Å². The van der Waals surface area contributed by atoms with Crippen LogP contribution in [0.5, 0.6) is 0 Å². The number of amides is 1. The van der Waals surface area contributed by atoms with Crippen LogP contribution < -0.4 is 0 Å². The lowest BCUT2D eigenvalue weighted by molar-refractivity contribution is 0.0696. The van der Waals surface area contributed by atoms with Gasteiger partial charge in [-0.05, 0) is 25.7 Å². The summed E-state index contributed by atoms with van der Waals surface area (Å²) in [6.45, 7) is 5.90. The number of nitrogens with zero attached hydrogens (tertiary/aromatic N) is 3. The summed E-state index contributed by atoms with van der Waals surface area (Å²) in [5.74, 6) is 0.886. The van der Waals surface area contributed by atoms with Crippen molar-refractivity contribution in [3.8, 4) is 0 Å². The quantitative estimate of drug-likeness (QED) is 0.722. The van der Waals surface area contributed by atoms with Crippen LogP contribution in [0.15, 0.2) is 6.20 Å². The summed E-state index contributed by atoms with van der Waals surface area (Å²) < 4.78 is 1.70. The van der Waals surface area contributed by atoms with Crippen LogP contribution in [0.1, 0.15) is 35.8 Å². The molecular formula is C12H19N3O. The predicted molar refractivity (Wildman–Crippen MR) is 62.2 cm³/mol. The molecule has 0 saturated carbocycles. The highest BCUT2D eigenvalue weighted by atomic mass is 16.2. The van der Waals surface area contributed by atoms with Crippen LogP contribution in [0.25, 0.3) is 0 Å². The van der Waals surface area contributed by atoms with Gasteiger partial charge >= 0.3 is 0 Å². The van der Waals surface area contributed by atoms with E-state index in [0.29, 0.717) is 0 Å². The van der Waals surface area contributed by atoms with Crippen LogP contribution in [0.4, 0.5) is 0 Å². The Morgan fingerprint density at radius 3 is 2.56 bits per heavy atom. The first-order chi connectivity index (χ1) is 7.58. The zero-order chi connectivity index (χ0) is 11.7. The lowest BCUT2D eigenvalue weighted by Crippen LogP contribution is -2.38. The molecule has 1 aliphatic rings. The molecule has 4 heteroatoms. The molecule has 0 radical (unpaired) electrons. The molecule has 1 aromatic rings. The van der Waals surface area contributed by atoms with Gasteiger partial charge in [-0.1, -0.05) is 6.92 Å². The molecule has 0 atom stereocenters. The Morgan fingerprint density at radius 2 is 2.06 bits per heavy atom. The molecule has 1 aliphatic heterocycles. The zero-order valence-corrected chi connectivity index (χ0v) is 10.2. The monoisotopic (exact) mass is 221 g/mol. The van der Waals surface area contributed by atoms with E-state index >= 15 is 0 Å². The van der Waals surface area contributed by atoms with Crippen molar-refractivity contribution in [3.05, 3.63) is 17.5 Å². The Hall–Kier alpha value is -1.32. The van der Waals surface area contributed by atoms with Gasteiger partial charge in [0.1, 0.15) is 0 Å². The molecule has 0 unspecified atom stereocenters. The van der Waals surface area contributed by atoms with Crippen LogP contribution in [0.3, 0.4) is 0 Å². The Kier molecular flexibility index (Phi) is 2.99. The first-order valence-electron chi connectivity index (χ1n) is 5.87. The van der Waals surface area contributed by atoms with Gasteiger partial charge in [0.15, 0.2) is 0 Å². The summed E-state index contributed by atoms with van der Waals surface area (Å²) in [6, 6.07) is 0. The maximum absolute atomic E-state index is 12.2. The lowest BCUT2D eigenvalue weighted by atomic mass is 9.99. The van der Waals surface area contributed by atoms with Crippen molar-refractivity contribution in [1.29, 1.82) is 0 Å². The third kappa shape index (κ3) is 2.10.